The molecule has 1 aliphatic rings. The van der Waals surface area contributed by atoms with Crippen LogP contribution in [0.3, 0.4) is 0 Å². The molecule has 166 valence electrons. The van der Waals surface area contributed by atoms with E-state index in [0.29, 0.717) is 23.9 Å². The van der Waals surface area contributed by atoms with E-state index in [1.165, 1.54) is 0 Å². The first-order valence-electron chi connectivity index (χ1n) is 10.9. The highest BCUT2D eigenvalue weighted by molar-refractivity contribution is 6.30. The molecule has 1 aliphatic heterocycles. The van der Waals surface area contributed by atoms with Gasteiger partial charge in [-0.1, -0.05) is 29.8 Å². The van der Waals surface area contributed by atoms with Crippen LogP contribution in [0.2, 0.25) is 5.02 Å². The Morgan fingerprint density at radius 3 is 2.59 bits per heavy atom. The molecule has 0 unspecified atom stereocenters. The molecule has 1 N–H and O–H groups in total. The van der Waals surface area contributed by atoms with Crippen LogP contribution in [0.4, 0.5) is 0 Å². The first kappa shape index (κ1) is 22.2. The summed E-state index contributed by atoms with van der Waals surface area (Å²) in [4.78, 5) is 24.4. The van der Waals surface area contributed by atoms with E-state index in [-0.39, 0.29) is 17.9 Å². The van der Waals surface area contributed by atoms with E-state index in [9.17, 15) is 4.79 Å². The summed E-state index contributed by atoms with van der Waals surface area (Å²) in [5, 5.41) is 4.00. The van der Waals surface area contributed by atoms with Gasteiger partial charge < -0.3 is 15.0 Å². The number of rotatable bonds is 8. The molecule has 1 aromatic carbocycles. The number of piperidine rings is 1. The van der Waals surface area contributed by atoms with Gasteiger partial charge in [-0.2, -0.15) is 0 Å². The maximum atomic E-state index is 13.8. The van der Waals surface area contributed by atoms with E-state index < -0.39 is 0 Å². The second kappa shape index (κ2) is 11.1. The number of carbonyl (C=O) groups is 1. The summed E-state index contributed by atoms with van der Waals surface area (Å²) in [6, 6.07) is 16.8. The molecule has 3 heterocycles. The highest BCUT2D eigenvalue weighted by Crippen LogP contribution is 2.31. The third-order valence-electron chi connectivity index (χ3n) is 5.67. The summed E-state index contributed by atoms with van der Waals surface area (Å²) in [6.45, 7) is 2.50. The Bertz CT molecular complexity index is 980. The summed E-state index contributed by atoms with van der Waals surface area (Å²) < 4.78 is 5.90. The normalized spacial score (nSPS) is 15.2. The van der Waals surface area contributed by atoms with Crippen LogP contribution >= 0.6 is 11.6 Å². The summed E-state index contributed by atoms with van der Waals surface area (Å²) in [5.74, 6) is 0.794. The van der Waals surface area contributed by atoms with Crippen molar-refractivity contribution in [3.8, 4) is 5.75 Å². The number of pyridine rings is 2. The van der Waals surface area contributed by atoms with Crippen molar-refractivity contribution in [1.82, 2.24) is 20.2 Å². The van der Waals surface area contributed by atoms with E-state index in [4.69, 9.17) is 16.3 Å². The van der Waals surface area contributed by atoms with Gasteiger partial charge >= 0.3 is 0 Å². The van der Waals surface area contributed by atoms with E-state index in [0.717, 1.165) is 37.2 Å². The number of ether oxygens (including phenoxy) is 1. The molecule has 1 saturated heterocycles. The number of hydrogen-bond donors (Lipinski definition) is 1. The first-order valence-corrected chi connectivity index (χ1v) is 11.3. The third-order valence-corrected chi connectivity index (χ3v) is 5.92. The molecule has 0 radical (unpaired) electrons. The molecule has 7 heteroatoms. The Kier molecular flexibility index (Phi) is 7.69. The van der Waals surface area contributed by atoms with Crippen LogP contribution in [-0.4, -0.2) is 47.0 Å². The number of nitrogens with zero attached hydrogens (tertiary/aromatic N) is 3. The monoisotopic (exact) mass is 450 g/mol. The molecular weight excluding hydrogens is 424 g/mol. The molecule has 1 atom stereocenters. The minimum Gasteiger partial charge on any atom is -0.490 e. The second-order valence-corrected chi connectivity index (χ2v) is 8.24. The SMILES string of the molecule is O=C(C1CCNCC1)N(CCOc1cccnc1)[C@@H](c1ccc(Cl)cc1)c1ccccn1. The van der Waals surface area contributed by atoms with Crippen LogP contribution in [0.15, 0.2) is 73.2 Å². The zero-order valence-electron chi connectivity index (χ0n) is 17.9. The van der Waals surface area contributed by atoms with Gasteiger partial charge in [-0.15, -0.1) is 0 Å². The lowest BCUT2D eigenvalue weighted by Crippen LogP contribution is -2.45. The predicted octanol–water partition coefficient (Wildman–Crippen LogP) is 4.13. The largest absolute Gasteiger partial charge is 0.490 e. The number of amides is 1. The second-order valence-electron chi connectivity index (χ2n) is 7.80. The lowest BCUT2D eigenvalue weighted by molar-refractivity contribution is -0.138. The number of hydrogen-bond acceptors (Lipinski definition) is 5. The number of nitrogens with one attached hydrogen (secondary N) is 1. The molecule has 1 fully saturated rings. The van der Waals surface area contributed by atoms with E-state index in [1.54, 1.807) is 18.6 Å². The lowest BCUT2D eigenvalue weighted by Gasteiger charge is -2.35. The number of benzene rings is 1. The number of carbonyl (C=O) groups excluding carboxylic acids is 1. The van der Waals surface area contributed by atoms with Crippen molar-refractivity contribution in [3.05, 3.63) is 89.5 Å². The average molecular weight is 451 g/mol. The van der Waals surface area contributed by atoms with Gasteiger partial charge in [0.15, 0.2) is 0 Å². The van der Waals surface area contributed by atoms with Crippen molar-refractivity contribution >= 4 is 17.5 Å². The van der Waals surface area contributed by atoms with Crippen LogP contribution in [0.25, 0.3) is 0 Å². The van der Waals surface area contributed by atoms with E-state index >= 15 is 0 Å². The molecule has 1 amide bonds. The van der Waals surface area contributed by atoms with Crippen LogP contribution < -0.4 is 10.1 Å². The third kappa shape index (κ3) is 5.64. The van der Waals surface area contributed by atoms with Crippen LogP contribution in [0.5, 0.6) is 5.75 Å². The van der Waals surface area contributed by atoms with Crippen LogP contribution in [0, 0.1) is 5.92 Å². The molecular formula is C25H27ClN4O2. The Hall–Kier alpha value is -2.96. The van der Waals surface area contributed by atoms with Crippen molar-refractivity contribution in [2.45, 2.75) is 18.9 Å². The Balaban J connectivity index is 1.64. The minimum atomic E-state index is -0.326. The number of halogens is 1. The summed E-state index contributed by atoms with van der Waals surface area (Å²) in [7, 11) is 0. The average Bonchev–Trinajstić information content (AvgIpc) is 2.86. The topological polar surface area (TPSA) is 67.4 Å². The Labute approximate surface area is 193 Å². The van der Waals surface area contributed by atoms with Crippen LogP contribution in [-0.2, 0) is 4.79 Å². The van der Waals surface area contributed by atoms with E-state index in [2.05, 4.69) is 15.3 Å². The fraction of sp³-hybridized carbons (Fsp3) is 0.320. The maximum Gasteiger partial charge on any atom is 0.226 e. The zero-order valence-corrected chi connectivity index (χ0v) is 18.6. The Morgan fingerprint density at radius 1 is 1.09 bits per heavy atom. The molecule has 0 saturated carbocycles. The van der Waals surface area contributed by atoms with Gasteiger partial charge in [-0.3, -0.25) is 14.8 Å². The van der Waals surface area contributed by atoms with Gasteiger partial charge in [-0.05, 0) is 67.9 Å². The fourth-order valence-electron chi connectivity index (χ4n) is 4.06. The minimum absolute atomic E-state index is 0.0202. The summed E-state index contributed by atoms with van der Waals surface area (Å²) in [6.07, 6.45) is 6.80. The molecule has 4 rings (SSSR count). The molecule has 3 aromatic rings. The fourth-order valence-corrected chi connectivity index (χ4v) is 4.18. The number of aromatic nitrogens is 2. The highest BCUT2D eigenvalue weighted by atomic mass is 35.5. The quantitative estimate of drug-likeness (QED) is 0.559. The molecule has 0 spiro atoms. The smallest absolute Gasteiger partial charge is 0.226 e. The molecule has 2 aromatic heterocycles. The van der Waals surface area contributed by atoms with Gasteiger partial charge in [0.1, 0.15) is 12.4 Å². The van der Waals surface area contributed by atoms with Gasteiger partial charge in [0.2, 0.25) is 5.91 Å². The maximum absolute atomic E-state index is 13.8. The van der Waals surface area contributed by atoms with Crippen molar-refractivity contribution in [1.29, 1.82) is 0 Å². The van der Waals surface area contributed by atoms with Crippen molar-refractivity contribution in [2.24, 2.45) is 5.92 Å². The van der Waals surface area contributed by atoms with Gasteiger partial charge in [0, 0.05) is 23.3 Å². The highest BCUT2D eigenvalue weighted by Gasteiger charge is 2.33. The summed E-state index contributed by atoms with van der Waals surface area (Å²) in [5.41, 5.74) is 1.79. The van der Waals surface area contributed by atoms with E-state index in [1.807, 2.05) is 59.5 Å². The lowest BCUT2D eigenvalue weighted by atomic mass is 9.93. The first-order chi connectivity index (χ1) is 15.7. The molecule has 6 nitrogen and oxygen atoms in total. The molecule has 32 heavy (non-hydrogen) atoms. The predicted molar refractivity (Wildman–Crippen MR) is 125 cm³/mol. The zero-order chi connectivity index (χ0) is 22.2. The summed E-state index contributed by atoms with van der Waals surface area (Å²) >= 11 is 6.15. The van der Waals surface area contributed by atoms with Crippen molar-refractivity contribution in [2.75, 3.05) is 26.2 Å². The molecule has 0 aliphatic carbocycles. The van der Waals surface area contributed by atoms with Gasteiger partial charge in [0.05, 0.1) is 24.5 Å². The standard InChI is InChI=1S/C25H27ClN4O2/c26-21-8-6-19(7-9-21)24(23-5-1-2-13-29-23)30(25(31)20-10-14-27-15-11-20)16-17-32-22-4-3-12-28-18-22/h1-9,12-13,18,20,24,27H,10-11,14-17H2/t24-/m0/s1. The van der Waals surface area contributed by atoms with Crippen LogP contribution in [0.1, 0.15) is 30.1 Å². The van der Waals surface area contributed by atoms with Gasteiger partial charge in [0.25, 0.3) is 0 Å². The Morgan fingerprint density at radius 2 is 1.91 bits per heavy atom. The molecule has 0 bridgehead atoms. The van der Waals surface area contributed by atoms with Gasteiger partial charge in [-0.25, -0.2) is 0 Å². The van der Waals surface area contributed by atoms with Crippen molar-refractivity contribution in [3.63, 3.8) is 0 Å². The van der Waals surface area contributed by atoms with Crippen molar-refractivity contribution < 1.29 is 9.53 Å².